The summed E-state index contributed by atoms with van der Waals surface area (Å²) in [6, 6.07) is 10.8. The molecular weight excluding hydrogens is 333 g/mol. The lowest BCUT2D eigenvalue weighted by Crippen LogP contribution is -2.31. The van der Waals surface area contributed by atoms with Gasteiger partial charge in [-0.15, -0.1) is 0 Å². The van der Waals surface area contributed by atoms with E-state index in [1.165, 1.54) is 12.1 Å². The molecule has 0 bridgehead atoms. The van der Waals surface area contributed by atoms with Crippen molar-refractivity contribution in [3.63, 3.8) is 0 Å². The number of H-pyrrole nitrogens is 1. The molecule has 0 saturated carbocycles. The van der Waals surface area contributed by atoms with Crippen LogP contribution in [0, 0.1) is 0 Å². The molecule has 1 unspecified atom stereocenters. The first-order chi connectivity index (χ1) is 11.8. The molecule has 25 heavy (non-hydrogen) atoms. The third kappa shape index (κ3) is 3.90. The zero-order chi connectivity index (χ0) is 18.0. The molecule has 1 heterocycles. The lowest BCUT2D eigenvalue weighted by molar-refractivity contribution is -0.137. The topological polar surface area (TPSA) is 69.8 Å². The second-order valence-electron chi connectivity index (χ2n) is 5.54. The van der Waals surface area contributed by atoms with E-state index in [9.17, 15) is 18.0 Å². The number of rotatable bonds is 3. The summed E-state index contributed by atoms with van der Waals surface area (Å²) in [6.07, 6.45) is -4.46. The molecule has 2 aromatic carbocycles. The number of urea groups is 1. The number of para-hydroxylation sites is 2. The predicted molar refractivity (Wildman–Crippen MR) is 88.1 cm³/mol. The van der Waals surface area contributed by atoms with Crippen LogP contribution in [0.3, 0.4) is 0 Å². The van der Waals surface area contributed by atoms with Crippen LogP contribution < -0.4 is 10.6 Å². The zero-order valence-electron chi connectivity index (χ0n) is 13.2. The maximum Gasteiger partial charge on any atom is 0.416 e. The van der Waals surface area contributed by atoms with Crippen LogP contribution in [0.5, 0.6) is 0 Å². The average Bonchev–Trinajstić information content (AvgIpc) is 2.98. The van der Waals surface area contributed by atoms with Crippen LogP contribution in [0.1, 0.15) is 24.4 Å². The molecular formula is C17H15F3N4O. The van der Waals surface area contributed by atoms with E-state index in [-0.39, 0.29) is 5.69 Å². The van der Waals surface area contributed by atoms with Crippen molar-refractivity contribution in [1.82, 2.24) is 15.3 Å². The number of nitrogens with zero attached hydrogens (tertiary/aromatic N) is 1. The highest BCUT2D eigenvalue weighted by molar-refractivity contribution is 5.89. The van der Waals surface area contributed by atoms with Crippen molar-refractivity contribution in [2.24, 2.45) is 0 Å². The lowest BCUT2D eigenvalue weighted by Gasteiger charge is -2.13. The SMILES string of the molecule is CC(NC(=O)Nc1cccc(C(F)(F)F)c1)c1nc2ccccc2[nH]1. The second-order valence-corrected chi connectivity index (χ2v) is 5.54. The van der Waals surface area contributed by atoms with E-state index >= 15 is 0 Å². The minimum absolute atomic E-state index is 0.0594. The highest BCUT2D eigenvalue weighted by Crippen LogP contribution is 2.30. The van der Waals surface area contributed by atoms with Gasteiger partial charge in [0.15, 0.2) is 0 Å². The molecule has 8 heteroatoms. The lowest BCUT2D eigenvalue weighted by atomic mass is 10.2. The standard InChI is InChI=1S/C17H15F3N4O/c1-10(15-23-13-7-2-3-8-14(13)24-15)21-16(25)22-12-6-4-5-11(9-12)17(18,19)20/h2-10H,1H3,(H,23,24)(H2,21,22,25). The smallest absolute Gasteiger partial charge is 0.340 e. The van der Waals surface area contributed by atoms with E-state index in [0.717, 1.165) is 23.2 Å². The molecule has 0 aliphatic carbocycles. The van der Waals surface area contributed by atoms with Gasteiger partial charge < -0.3 is 15.6 Å². The molecule has 0 saturated heterocycles. The number of hydrogen-bond donors (Lipinski definition) is 3. The Hall–Kier alpha value is -3.03. The van der Waals surface area contributed by atoms with Crippen molar-refractivity contribution < 1.29 is 18.0 Å². The Morgan fingerprint density at radius 2 is 1.92 bits per heavy atom. The summed E-state index contributed by atoms with van der Waals surface area (Å²) in [7, 11) is 0. The molecule has 5 nitrogen and oxygen atoms in total. The summed E-state index contributed by atoms with van der Waals surface area (Å²) in [5.41, 5.74) is 0.841. The number of carbonyl (C=O) groups excluding carboxylic acids is 1. The maximum absolute atomic E-state index is 12.7. The maximum atomic E-state index is 12.7. The van der Waals surface area contributed by atoms with Gasteiger partial charge in [0, 0.05) is 5.69 Å². The molecule has 3 N–H and O–H groups in total. The Morgan fingerprint density at radius 1 is 1.16 bits per heavy atom. The van der Waals surface area contributed by atoms with E-state index in [1.54, 1.807) is 6.92 Å². The van der Waals surface area contributed by atoms with Gasteiger partial charge in [0.1, 0.15) is 5.82 Å². The quantitative estimate of drug-likeness (QED) is 0.654. The van der Waals surface area contributed by atoms with Crippen molar-refractivity contribution in [2.45, 2.75) is 19.1 Å². The molecule has 0 aliphatic heterocycles. The van der Waals surface area contributed by atoms with Gasteiger partial charge in [0.25, 0.3) is 0 Å². The monoisotopic (exact) mass is 348 g/mol. The van der Waals surface area contributed by atoms with Crippen molar-refractivity contribution in [2.75, 3.05) is 5.32 Å². The number of amides is 2. The van der Waals surface area contributed by atoms with Gasteiger partial charge in [-0.3, -0.25) is 0 Å². The molecule has 3 rings (SSSR count). The van der Waals surface area contributed by atoms with E-state index in [2.05, 4.69) is 20.6 Å². The minimum Gasteiger partial charge on any atom is -0.340 e. The second kappa shape index (κ2) is 6.46. The van der Waals surface area contributed by atoms with Crippen molar-refractivity contribution >= 4 is 22.8 Å². The van der Waals surface area contributed by atoms with E-state index in [4.69, 9.17) is 0 Å². The number of anilines is 1. The highest BCUT2D eigenvalue weighted by atomic mass is 19.4. The van der Waals surface area contributed by atoms with Crippen LogP contribution in [0.15, 0.2) is 48.5 Å². The van der Waals surface area contributed by atoms with Crippen LogP contribution in [-0.4, -0.2) is 16.0 Å². The molecule has 0 spiro atoms. The van der Waals surface area contributed by atoms with E-state index < -0.39 is 23.8 Å². The summed E-state index contributed by atoms with van der Waals surface area (Å²) in [4.78, 5) is 19.5. The normalized spacial score (nSPS) is 12.8. The summed E-state index contributed by atoms with van der Waals surface area (Å²) in [5, 5.41) is 5.04. The fourth-order valence-electron chi connectivity index (χ4n) is 2.38. The largest absolute Gasteiger partial charge is 0.416 e. The highest BCUT2D eigenvalue weighted by Gasteiger charge is 2.30. The minimum atomic E-state index is -4.46. The van der Waals surface area contributed by atoms with Crippen LogP contribution in [0.25, 0.3) is 11.0 Å². The number of benzene rings is 2. The molecule has 0 aliphatic rings. The third-order valence-electron chi connectivity index (χ3n) is 3.61. The average molecular weight is 348 g/mol. The number of halogens is 3. The number of hydrogen-bond acceptors (Lipinski definition) is 2. The number of carbonyl (C=O) groups is 1. The zero-order valence-corrected chi connectivity index (χ0v) is 13.2. The molecule has 0 fully saturated rings. The van der Waals surface area contributed by atoms with E-state index in [0.29, 0.717) is 5.82 Å². The number of nitrogens with one attached hydrogen (secondary N) is 3. The summed E-state index contributed by atoms with van der Waals surface area (Å²) in [5.74, 6) is 0.556. The van der Waals surface area contributed by atoms with Gasteiger partial charge in [-0.25, -0.2) is 9.78 Å². The first kappa shape index (κ1) is 16.8. The number of aromatic nitrogens is 2. The molecule has 130 valence electrons. The Balaban J connectivity index is 1.68. The van der Waals surface area contributed by atoms with Crippen LogP contribution >= 0.6 is 0 Å². The van der Waals surface area contributed by atoms with Gasteiger partial charge in [0.2, 0.25) is 0 Å². The molecule has 2 amide bonds. The van der Waals surface area contributed by atoms with Gasteiger partial charge in [-0.05, 0) is 37.3 Å². The summed E-state index contributed by atoms with van der Waals surface area (Å²) >= 11 is 0. The van der Waals surface area contributed by atoms with Crippen LogP contribution in [0.2, 0.25) is 0 Å². The molecule has 1 atom stereocenters. The van der Waals surface area contributed by atoms with Gasteiger partial charge in [-0.2, -0.15) is 13.2 Å². The molecule has 3 aromatic rings. The fourth-order valence-corrected chi connectivity index (χ4v) is 2.38. The van der Waals surface area contributed by atoms with Crippen molar-refractivity contribution in [3.05, 3.63) is 59.9 Å². The number of alkyl halides is 3. The number of imidazole rings is 1. The fraction of sp³-hybridized carbons (Fsp3) is 0.176. The molecule has 1 aromatic heterocycles. The van der Waals surface area contributed by atoms with Crippen LogP contribution in [-0.2, 0) is 6.18 Å². The number of fused-ring (bicyclic) bond motifs is 1. The predicted octanol–water partition coefficient (Wildman–Crippen LogP) is 4.46. The third-order valence-corrected chi connectivity index (χ3v) is 3.61. The summed E-state index contributed by atoms with van der Waals surface area (Å²) in [6.45, 7) is 1.73. The first-order valence-electron chi connectivity index (χ1n) is 7.52. The summed E-state index contributed by atoms with van der Waals surface area (Å²) < 4.78 is 38.1. The molecule has 0 radical (unpaired) electrons. The first-order valence-corrected chi connectivity index (χ1v) is 7.52. The van der Waals surface area contributed by atoms with Gasteiger partial charge in [0.05, 0.1) is 22.6 Å². The van der Waals surface area contributed by atoms with Crippen molar-refractivity contribution in [1.29, 1.82) is 0 Å². The van der Waals surface area contributed by atoms with Crippen molar-refractivity contribution in [3.8, 4) is 0 Å². The van der Waals surface area contributed by atoms with Gasteiger partial charge in [-0.1, -0.05) is 18.2 Å². The van der Waals surface area contributed by atoms with Gasteiger partial charge >= 0.3 is 12.2 Å². The number of aromatic amines is 1. The Kier molecular flexibility index (Phi) is 4.35. The van der Waals surface area contributed by atoms with Crippen LogP contribution in [0.4, 0.5) is 23.7 Å². The Labute approximate surface area is 141 Å². The van der Waals surface area contributed by atoms with E-state index in [1.807, 2.05) is 24.3 Å². The Bertz CT molecular complexity index is 871. The Morgan fingerprint density at radius 3 is 2.64 bits per heavy atom.